The first-order valence-electron chi connectivity index (χ1n) is 15.2. The number of Topliss-reactive ketones (excluding diaryl/α,β-unsaturated/α-hetero) is 1. The lowest BCUT2D eigenvalue weighted by molar-refractivity contribution is -0.137. The van der Waals surface area contributed by atoms with Gasteiger partial charge in [0.15, 0.2) is 5.78 Å². The SMILES string of the molecule is CC(C)(C)C1CCCN1C(=O)c1cccc(C(=O)C[C@@H](Cc2ccccc2)[C@H](O)CCCc2cccc(C(F)(F)F)c2)c1. The van der Waals surface area contributed by atoms with Gasteiger partial charge in [-0.25, -0.2) is 0 Å². The zero-order chi connectivity index (χ0) is 31.2. The molecule has 1 aliphatic heterocycles. The number of benzene rings is 3. The molecule has 1 heterocycles. The van der Waals surface area contributed by atoms with Crippen LogP contribution in [-0.4, -0.2) is 40.4 Å². The Labute approximate surface area is 252 Å². The summed E-state index contributed by atoms with van der Waals surface area (Å²) in [6.07, 6.45) is -1.51. The molecule has 230 valence electrons. The summed E-state index contributed by atoms with van der Waals surface area (Å²) in [5.74, 6) is -0.608. The lowest BCUT2D eigenvalue weighted by atomic mass is 9.84. The Morgan fingerprint density at radius 3 is 2.28 bits per heavy atom. The van der Waals surface area contributed by atoms with Crippen LogP contribution in [0.25, 0.3) is 0 Å². The van der Waals surface area contributed by atoms with Gasteiger partial charge >= 0.3 is 6.18 Å². The smallest absolute Gasteiger partial charge is 0.393 e. The van der Waals surface area contributed by atoms with Crippen LogP contribution < -0.4 is 0 Å². The lowest BCUT2D eigenvalue weighted by Crippen LogP contribution is -2.43. The maximum absolute atomic E-state index is 13.6. The van der Waals surface area contributed by atoms with Crippen molar-refractivity contribution in [3.8, 4) is 0 Å². The number of carbonyl (C=O) groups excluding carboxylic acids is 2. The third kappa shape index (κ3) is 8.79. The highest BCUT2D eigenvalue weighted by atomic mass is 19.4. The Hall–Kier alpha value is -3.45. The predicted octanol–water partition coefficient (Wildman–Crippen LogP) is 8.17. The van der Waals surface area contributed by atoms with E-state index in [1.165, 1.54) is 6.07 Å². The minimum Gasteiger partial charge on any atom is -0.393 e. The second-order valence-corrected chi connectivity index (χ2v) is 12.8. The average molecular weight is 594 g/mol. The highest BCUT2D eigenvalue weighted by Crippen LogP contribution is 2.34. The third-order valence-corrected chi connectivity index (χ3v) is 8.50. The van der Waals surface area contributed by atoms with E-state index in [-0.39, 0.29) is 35.5 Å². The second kappa shape index (κ2) is 13.9. The fraction of sp³-hybridized carbons (Fsp3) is 0.444. The van der Waals surface area contributed by atoms with E-state index in [4.69, 9.17) is 0 Å². The molecule has 0 radical (unpaired) electrons. The van der Waals surface area contributed by atoms with E-state index < -0.39 is 17.8 Å². The fourth-order valence-electron chi connectivity index (χ4n) is 6.17. The standard InChI is InChI=1S/C36H42F3NO3/c1-35(2,3)33-19-10-20-40(33)34(43)28-16-9-15-27(23-28)32(42)24-29(21-25-11-5-4-6-12-25)31(41)18-8-14-26-13-7-17-30(22-26)36(37,38)39/h4-7,9,11-13,15-17,22-23,29,31,33,41H,8,10,14,18-21,24H2,1-3H3/t29-,31-,33?/m1/s1. The van der Waals surface area contributed by atoms with Crippen molar-refractivity contribution in [2.75, 3.05) is 6.54 Å². The summed E-state index contributed by atoms with van der Waals surface area (Å²) in [6.45, 7) is 7.12. The van der Waals surface area contributed by atoms with Crippen molar-refractivity contribution in [1.82, 2.24) is 4.90 Å². The molecular weight excluding hydrogens is 551 g/mol. The summed E-state index contributed by atoms with van der Waals surface area (Å²) >= 11 is 0. The maximum Gasteiger partial charge on any atom is 0.416 e. The largest absolute Gasteiger partial charge is 0.416 e. The van der Waals surface area contributed by atoms with Gasteiger partial charge in [0.25, 0.3) is 5.91 Å². The fourth-order valence-corrected chi connectivity index (χ4v) is 6.17. The van der Waals surface area contributed by atoms with Crippen molar-refractivity contribution >= 4 is 11.7 Å². The van der Waals surface area contributed by atoms with Crippen LogP contribution in [0.3, 0.4) is 0 Å². The molecule has 4 rings (SSSR count). The third-order valence-electron chi connectivity index (χ3n) is 8.50. The molecule has 0 saturated carbocycles. The van der Waals surface area contributed by atoms with Gasteiger partial charge in [-0.2, -0.15) is 13.2 Å². The molecule has 0 aliphatic carbocycles. The van der Waals surface area contributed by atoms with Crippen LogP contribution in [0, 0.1) is 11.3 Å². The molecule has 3 atom stereocenters. The molecule has 1 unspecified atom stereocenters. The quantitative estimate of drug-likeness (QED) is 0.228. The van der Waals surface area contributed by atoms with Crippen LogP contribution in [0.4, 0.5) is 13.2 Å². The second-order valence-electron chi connectivity index (χ2n) is 12.8. The van der Waals surface area contributed by atoms with E-state index in [9.17, 15) is 27.9 Å². The molecule has 1 N–H and O–H groups in total. The first-order valence-corrected chi connectivity index (χ1v) is 15.2. The van der Waals surface area contributed by atoms with Crippen molar-refractivity contribution in [3.63, 3.8) is 0 Å². The number of hydrogen-bond donors (Lipinski definition) is 1. The molecule has 43 heavy (non-hydrogen) atoms. The minimum absolute atomic E-state index is 0.0402. The Morgan fingerprint density at radius 2 is 1.58 bits per heavy atom. The highest BCUT2D eigenvalue weighted by molar-refractivity contribution is 6.00. The van der Waals surface area contributed by atoms with Crippen molar-refractivity contribution in [2.45, 2.75) is 84.0 Å². The summed E-state index contributed by atoms with van der Waals surface area (Å²) in [5.41, 5.74) is 1.75. The van der Waals surface area contributed by atoms with E-state index >= 15 is 0 Å². The van der Waals surface area contributed by atoms with Crippen LogP contribution in [0.2, 0.25) is 0 Å². The molecule has 1 fully saturated rings. The number of rotatable bonds is 11. The van der Waals surface area contributed by atoms with E-state index in [1.54, 1.807) is 30.3 Å². The van der Waals surface area contributed by atoms with Crippen LogP contribution in [0.15, 0.2) is 78.9 Å². The number of nitrogens with zero attached hydrogens (tertiary/aromatic N) is 1. The van der Waals surface area contributed by atoms with Gasteiger partial charge < -0.3 is 10.0 Å². The van der Waals surface area contributed by atoms with Crippen LogP contribution in [0.1, 0.15) is 90.3 Å². The zero-order valence-electron chi connectivity index (χ0n) is 25.2. The molecule has 0 bridgehead atoms. The number of aliphatic hydroxyl groups excluding tert-OH is 1. The predicted molar refractivity (Wildman–Crippen MR) is 163 cm³/mol. The minimum atomic E-state index is -4.40. The van der Waals surface area contributed by atoms with Gasteiger partial charge in [-0.3, -0.25) is 9.59 Å². The van der Waals surface area contributed by atoms with Crippen molar-refractivity contribution in [3.05, 3.63) is 107 Å². The number of carbonyl (C=O) groups is 2. The Balaban J connectivity index is 1.45. The number of likely N-dealkylation sites (tertiary alicyclic amines) is 1. The average Bonchev–Trinajstić information content (AvgIpc) is 3.48. The van der Waals surface area contributed by atoms with Gasteiger partial charge in [-0.05, 0) is 79.2 Å². The molecule has 1 saturated heterocycles. The first kappa shape index (κ1) is 32.5. The molecular formula is C36H42F3NO3. The van der Waals surface area contributed by atoms with E-state index in [0.29, 0.717) is 48.9 Å². The summed E-state index contributed by atoms with van der Waals surface area (Å²) in [7, 11) is 0. The maximum atomic E-state index is 13.6. The lowest BCUT2D eigenvalue weighted by Gasteiger charge is -2.35. The zero-order valence-corrected chi connectivity index (χ0v) is 25.2. The summed E-state index contributed by atoms with van der Waals surface area (Å²) < 4.78 is 39.3. The summed E-state index contributed by atoms with van der Waals surface area (Å²) in [5, 5.41) is 11.2. The first-order chi connectivity index (χ1) is 20.3. The number of amides is 1. The van der Waals surface area contributed by atoms with Crippen LogP contribution >= 0.6 is 0 Å². The molecule has 0 spiro atoms. The van der Waals surface area contributed by atoms with Gasteiger partial charge in [-0.15, -0.1) is 0 Å². The van der Waals surface area contributed by atoms with Gasteiger partial charge in [0, 0.05) is 30.1 Å². The molecule has 4 nitrogen and oxygen atoms in total. The van der Waals surface area contributed by atoms with E-state index in [1.807, 2.05) is 35.2 Å². The van der Waals surface area contributed by atoms with Gasteiger partial charge in [0.2, 0.25) is 0 Å². The molecule has 3 aromatic carbocycles. The summed E-state index contributed by atoms with van der Waals surface area (Å²) in [4.78, 5) is 29.0. The van der Waals surface area contributed by atoms with Gasteiger partial charge in [0.05, 0.1) is 11.7 Å². The number of ketones is 1. The molecule has 1 amide bonds. The highest BCUT2D eigenvalue weighted by Gasteiger charge is 2.37. The number of hydrogen-bond acceptors (Lipinski definition) is 3. The number of halogens is 3. The number of aryl methyl sites for hydroxylation is 1. The Kier molecular flexibility index (Phi) is 10.5. The number of alkyl halides is 3. The van der Waals surface area contributed by atoms with E-state index in [0.717, 1.165) is 30.5 Å². The van der Waals surface area contributed by atoms with Crippen molar-refractivity contribution in [1.29, 1.82) is 0 Å². The Morgan fingerprint density at radius 1 is 0.907 bits per heavy atom. The molecule has 1 aliphatic rings. The topological polar surface area (TPSA) is 57.6 Å². The van der Waals surface area contributed by atoms with Gasteiger partial charge in [-0.1, -0.05) is 81.4 Å². The monoisotopic (exact) mass is 593 g/mol. The number of aliphatic hydroxyl groups is 1. The molecule has 3 aromatic rings. The Bertz CT molecular complexity index is 1380. The van der Waals surface area contributed by atoms with Crippen molar-refractivity contribution < 1.29 is 27.9 Å². The summed E-state index contributed by atoms with van der Waals surface area (Å²) in [6, 6.07) is 21.9. The molecule has 7 heteroatoms. The van der Waals surface area contributed by atoms with Crippen LogP contribution in [0.5, 0.6) is 0 Å². The normalized spacial score (nSPS) is 17.1. The van der Waals surface area contributed by atoms with Gasteiger partial charge in [0.1, 0.15) is 0 Å². The van der Waals surface area contributed by atoms with Crippen molar-refractivity contribution in [2.24, 2.45) is 11.3 Å². The van der Waals surface area contributed by atoms with E-state index in [2.05, 4.69) is 20.8 Å². The molecule has 0 aromatic heterocycles. The van der Waals surface area contributed by atoms with Crippen LogP contribution in [-0.2, 0) is 19.0 Å².